The molecule has 0 saturated carbocycles. The lowest BCUT2D eigenvalue weighted by Gasteiger charge is -1.99. The first-order valence-corrected chi connectivity index (χ1v) is 4.45. The van der Waals surface area contributed by atoms with Gasteiger partial charge in [0, 0.05) is 14.5 Å². The van der Waals surface area contributed by atoms with Crippen molar-refractivity contribution < 1.29 is 0 Å². The molecule has 0 fully saturated rings. The highest BCUT2D eigenvalue weighted by atomic mass is 79.9. The Morgan fingerprint density at radius 2 is 1.64 bits per heavy atom. The third kappa shape index (κ3) is 2.51. The van der Waals surface area contributed by atoms with Crippen molar-refractivity contribution >= 4 is 43.6 Å². The Labute approximate surface area is 83.9 Å². The molecular formula is C8H5BrCl2. The average Bonchev–Trinajstić information content (AvgIpc) is 1.85. The second kappa shape index (κ2) is 3.61. The van der Waals surface area contributed by atoms with Crippen molar-refractivity contribution in [3.05, 3.63) is 40.4 Å². The first kappa shape index (κ1) is 9.11. The molecule has 0 aliphatic rings. The van der Waals surface area contributed by atoms with Gasteiger partial charge in [-0.05, 0) is 23.8 Å². The molecule has 3 heteroatoms. The Bertz CT molecular complexity index is 274. The lowest BCUT2D eigenvalue weighted by molar-refractivity contribution is 1.65. The average molecular weight is 252 g/mol. The monoisotopic (exact) mass is 250 g/mol. The summed E-state index contributed by atoms with van der Waals surface area (Å²) in [6.07, 6.45) is 0. The third-order valence-electron chi connectivity index (χ3n) is 1.18. The summed E-state index contributed by atoms with van der Waals surface area (Å²) in [5, 5.41) is 1.24. The fourth-order valence-corrected chi connectivity index (χ4v) is 1.47. The standard InChI is InChI=1S/C8H5BrCl2/c1-5(9)6-2-7(10)4-8(11)3-6/h2-4H,1H2. The molecule has 0 nitrogen and oxygen atoms in total. The van der Waals surface area contributed by atoms with Crippen molar-refractivity contribution in [3.8, 4) is 0 Å². The Balaban J connectivity index is 3.19. The lowest BCUT2D eigenvalue weighted by atomic mass is 10.2. The van der Waals surface area contributed by atoms with Crippen LogP contribution < -0.4 is 0 Å². The number of benzene rings is 1. The molecule has 0 saturated heterocycles. The lowest BCUT2D eigenvalue weighted by Crippen LogP contribution is -1.75. The molecule has 0 atom stereocenters. The van der Waals surface area contributed by atoms with E-state index in [-0.39, 0.29) is 0 Å². The topological polar surface area (TPSA) is 0 Å². The predicted molar refractivity (Wildman–Crippen MR) is 54.4 cm³/mol. The summed E-state index contributed by atoms with van der Waals surface area (Å²) in [7, 11) is 0. The summed E-state index contributed by atoms with van der Waals surface area (Å²) in [5.41, 5.74) is 0.905. The summed E-state index contributed by atoms with van der Waals surface area (Å²) in [4.78, 5) is 0. The fourth-order valence-electron chi connectivity index (χ4n) is 0.710. The minimum Gasteiger partial charge on any atom is -0.0843 e. The summed E-state index contributed by atoms with van der Waals surface area (Å²) in [6.45, 7) is 3.71. The molecule has 1 rings (SSSR count). The zero-order valence-corrected chi connectivity index (χ0v) is 8.67. The molecule has 0 unspecified atom stereocenters. The molecule has 0 aromatic heterocycles. The van der Waals surface area contributed by atoms with E-state index in [1.54, 1.807) is 18.2 Å². The summed E-state index contributed by atoms with van der Waals surface area (Å²) < 4.78 is 0.780. The van der Waals surface area contributed by atoms with Crippen LogP contribution in [0.4, 0.5) is 0 Å². The van der Waals surface area contributed by atoms with Crippen LogP contribution in [0, 0.1) is 0 Å². The van der Waals surface area contributed by atoms with Gasteiger partial charge < -0.3 is 0 Å². The molecule has 0 amide bonds. The van der Waals surface area contributed by atoms with Gasteiger partial charge >= 0.3 is 0 Å². The van der Waals surface area contributed by atoms with E-state index >= 15 is 0 Å². The summed E-state index contributed by atoms with van der Waals surface area (Å²) in [6, 6.07) is 5.28. The second-order valence-corrected chi connectivity index (χ2v) is 3.89. The number of rotatable bonds is 1. The smallest absolute Gasteiger partial charge is 0.0427 e. The molecule has 11 heavy (non-hydrogen) atoms. The van der Waals surface area contributed by atoms with Gasteiger partial charge in [-0.2, -0.15) is 0 Å². The maximum Gasteiger partial charge on any atom is 0.0427 e. The molecule has 0 spiro atoms. The molecule has 0 radical (unpaired) electrons. The van der Waals surface area contributed by atoms with E-state index in [0.29, 0.717) is 10.0 Å². The summed E-state index contributed by atoms with van der Waals surface area (Å²) >= 11 is 14.7. The highest BCUT2D eigenvalue weighted by molar-refractivity contribution is 9.15. The van der Waals surface area contributed by atoms with E-state index in [0.717, 1.165) is 10.0 Å². The van der Waals surface area contributed by atoms with Crippen LogP contribution >= 0.6 is 39.1 Å². The Kier molecular flexibility index (Phi) is 2.99. The fraction of sp³-hybridized carbons (Fsp3) is 0. The van der Waals surface area contributed by atoms with Gasteiger partial charge in [0.1, 0.15) is 0 Å². The summed E-state index contributed by atoms with van der Waals surface area (Å²) in [5.74, 6) is 0. The zero-order valence-electron chi connectivity index (χ0n) is 5.57. The SMILES string of the molecule is C=C(Br)c1cc(Cl)cc(Cl)c1. The Morgan fingerprint density at radius 1 is 1.18 bits per heavy atom. The molecule has 0 N–H and O–H groups in total. The van der Waals surface area contributed by atoms with Crippen LogP contribution in [0.5, 0.6) is 0 Å². The number of hydrogen-bond acceptors (Lipinski definition) is 0. The molecule has 0 heterocycles. The normalized spacial score (nSPS) is 9.73. The number of halogens is 3. The van der Waals surface area contributed by atoms with Crippen molar-refractivity contribution in [2.24, 2.45) is 0 Å². The number of hydrogen-bond donors (Lipinski definition) is 0. The molecule has 58 valence electrons. The minimum absolute atomic E-state index is 0.619. The molecule has 0 aliphatic carbocycles. The van der Waals surface area contributed by atoms with E-state index in [1.807, 2.05) is 0 Å². The van der Waals surface area contributed by atoms with Crippen LogP contribution in [0.3, 0.4) is 0 Å². The van der Waals surface area contributed by atoms with Crippen molar-refractivity contribution in [3.63, 3.8) is 0 Å². The molecule has 1 aromatic rings. The van der Waals surface area contributed by atoms with Crippen molar-refractivity contribution in [2.75, 3.05) is 0 Å². The van der Waals surface area contributed by atoms with Crippen molar-refractivity contribution in [2.45, 2.75) is 0 Å². The maximum absolute atomic E-state index is 5.75. The van der Waals surface area contributed by atoms with Crippen LogP contribution in [0.2, 0.25) is 10.0 Å². The van der Waals surface area contributed by atoms with E-state index in [9.17, 15) is 0 Å². The van der Waals surface area contributed by atoms with Crippen LogP contribution in [0.1, 0.15) is 5.56 Å². The van der Waals surface area contributed by atoms with Gasteiger partial charge in [-0.15, -0.1) is 0 Å². The second-order valence-electron chi connectivity index (χ2n) is 2.06. The van der Waals surface area contributed by atoms with Crippen LogP contribution in [0.25, 0.3) is 4.48 Å². The highest BCUT2D eigenvalue weighted by Gasteiger charge is 1.98. The van der Waals surface area contributed by atoms with Gasteiger partial charge in [-0.3, -0.25) is 0 Å². The van der Waals surface area contributed by atoms with Gasteiger partial charge in [-0.1, -0.05) is 45.7 Å². The van der Waals surface area contributed by atoms with Crippen LogP contribution in [-0.2, 0) is 0 Å². The molecule has 1 aromatic carbocycles. The van der Waals surface area contributed by atoms with Gasteiger partial charge in [0.05, 0.1) is 0 Å². The predicted octanol–water partition coefficient (Wildman–Crippen LogP) is 4.36. The van der Waals surface area contributed by atoms with E-state index < -0.39 is 0 Å². The first-order valence-electron chi connectivity index (χ1n) is 2.90. The molecule has 0 aliphatic heterocycles. The van der Waals surface area contributed by atoms with Gasteiger partial charge in [-0.25, -0.2) is 0 Å². The van der Waals surface area contributed by atoms with Crippen LogP contribution in [0.15, 0.2) is 24.8 Å². The van der Waals surface area contributed by atoms with E-state index in [4.69, 9.17) is 23.2 Å². The van der Waals surface area contributed by atoms with Crippen LogP contribution in [-0.4, -0.2) is 0 Å². The zero-order chi connectivity index (χ0) is 8.43. The minimum atomic E-state index is 0.619. The Hall–Kier alpha value is 0.0200. The van der Waals surface area contributed by atoms with E-state index in [1.165, 1.54) is 0 Å². The highest BCUT2D eigenvalue weighted by Crippen LogP contribution is 2.25. The van der Waals surface area contributed by atoms with Gasteiger partial charge in [0.2, 0.25) is 0 Å². The van der Waals surface area contributed by atoms with Gasteiger partial charge in [0.15, 0.2) is 0 Å². The van der Waals surface area contributed by atoms with E-state index in [2.05, 4.69) is 22.5 Å². The van der Waals surface area contributed by atoms with Gasteiger partial charge in [0.25, 0.3) is 0 Å². The molecular weight excluding hydrogens is 247 g/mol. The van der Waals surface area contributed by atoms with Crippen molar-refractivity contribution in [1.29, 1.82) is 0 Å². The first-order chi connectivity index (χ1) is 5.09. The quantitative estimate of drug-likeness (QED) is 0.696. The Morgan fingerprint density at radius 3 is 2.00 bits per heavy atom. The van der Waals surface area contributed by atoms with Crippen molar-refractivity contribution in [1.82, 2.24) is 0 Å². The largest absolute Gasteiger partial charge is 0.0843 e. The maximum atomic E-state index is 5.75. The third-order valence-corrected chi connectivity index (χ3v) is 2.07. The molecule has 0 bridgehead atoms.